The Morgan fingerprint density at radius 3 is 2.72 bits per heavy atom. The Morgan fingerprint density at radius 2 is 2.00 bits per heavy atom. The molecular weight excluding hydrogens is 313 g/mol. The molecule has 18 heavy (non-hydrogen) atoms. The minimum absolute atomic E-state index is 0.211. The quantitative estimate of drug-likeness (QED) is 0.909. The van der Waals surface area contributed by atoms with Gasteiger partial charge in [-0.15, -0.1) is 0 Å². The van der Waals surface area contributed by atoms with E-state index in [9.17, 15) is 4.39 Å². The average molecular weight is 326 g/mol. The van der Waals surface area contributed by atoms with E-state index in [0.29, 0.717) is 13.0 Å². The van der Waals surface area contributed by atoms with Crippen LogP contribution in [0.5, 0.6) is 0 Å². The summed E-state index contributed by atoms with van der Waals surface area (Å²) in [6.45, 7) is 0.523. The van der Waals surface area contributed by atoms with Gasteiger partial charge >= 0.3 is 0 Å². The third-order valence-electron chi connectivity index (χ3n) is 2.46. The minimum Gasteiger partial charge on any atom is -0.330 e. The molecule has 0 atom stereocenters. The smallest absolute Gasteiger partial charge is 0.123 e. The molecule has 0 saturated heterocycles. The molecule has 0 spiro atoms. The molecule has 2 N–H and O–H groups in total. The highest BCUT2D eigenvalue weighted by Crippen LogP contribution is 2.32. The van der Waals surface area contributed by atoms with Crippen LogP contribution in [0.15, 0.2) is 56.7 Å². The maximum absolute atomic E-state index is 13.2. The van der Waals surface area contributed by atoms with Gasteiger partial charge in [0.25, 0.3) is 0 Å². The summed E-state index contributed by atoms with van der Waals surface area (Å²) in [5.74, 6) is -0.211. The van der Waals surface area contributed by atoms with E-state index < -0.39 is 0 Å². The van der Waals surface area contributed by atoms with Crippen molar-refractivity contribution in [2.75, 3.05) is 6.54 Å². The molecule has 4 heteroatoms. The highest BCUT2D eigenvalue weighted by Gasteiger charge is 2.06. The average Bonchev–Trinajstić information content (AvgIpc) is 2.33. The molecule has 2 rings (SSSR count). The number of halogens is 2. The maximum atomic E-state index is 13.2. The normalized spacial score (nSPS) is 10.6. The number of nitrogens with two attached hydrogens (primary N) is 1. The molecule has 1 nitrogen and oxygen atoms in total. The van der Waals surface area contributed by atoms with Crippen LogP contribution in [0, 0.1) is 5.82 Å². The van der Waals surface area contributed by atoms with Gasteiger partial charge in [-0.05, 0) is 54.9 Å². The van der Waals surface area contributed by atoms with Crippen LogP contribution in [0.3, 0.4) is 0 Å². The van der Waals surface area contributed by atoms with Crippen molar-refractivity contribution in [3.63, 3.8) is 0 Å². The van der Waals surface area contributed by atoms with Gasteiger partial charge in [-0.3, -0.25) is 0 Å². The van der Waals surface area contributed by atoms with Crippen LogP contribution in [-0.2, 0) is 6.42 Å². The zero-order valence-corrected chi connectivity index (χ0v) is 12.1. The van der Waals surface area contributed by atoms with Crippen LogP contribution in [0.4, 0.5) is 4.39 Å². The van der Waals surface area contributed by atoms with Crippen molar-refractivity contribution in [3.8, 4) is 0 Å². The third-order valence-corrected chi connectivity index (χ3v) is 4.06. The standard InChI is InChI=1S/C14H13BrFNS/c15-11-2-1-3-13(9-11)18-14-5-4-12(16)8-10(14)6-7-17/h1-5,8-9H,6-7,17H2. The summed E-state index contributed by atoms with van der Waals surface area (Å²) in [5.41, 5.74) is 6.52. The van der Waals surface area contributed by atoms with Crippen molar-refractivity contribution in [2.45, 2.75) is 16.2 Å². The lowest BCUT2D eigenvalue weighted by Crippen LogP contribution is -2.04. The van der Waals surface area contributed by atoms with Crippen molar-refractivity contribution < 1.29 is 4.39 Å². The first-order valence-corrected chi connectivity index (χ1v) is 7.22. The predicted octanol–water partition coefficient (Wildman–Crippen LogP) is 4.24. The minimum atomic E-state index is -0.211. The predicted molar refractivity (Wildman–Crippen MR) is 77.4 cm³/mol. The second kappa shape index (κ2) is 6.36. The number of benzene rings is 2. The van der Waals surface area contributed by atoms with Gasteiger partial charge in [0.1, 0.15) is 5.82 Å². The van der Waals surface area contributed by atoms with Crippen LogP contribution in [0.25, 0.3) is 0 Å². The van der Waals surface area contributed by atoms with Gasteiger partial charge < -0.3 is 5.73 Å². The summed E-state index contributed by atoms with van der Waals surface area (Å²) >= 11 is 5.07. The molecule has 0 aliphatic rings. The number of hydrogen-bond acceptors (Lipinski definition) is 2. The SMILES string of the molecule is NCCc1cc(F)ccc1Sc1cccc(Br)c1. The third kappa shape index (κ3) is 3.57. The van der Waals surface area contributed by atoms with E-state index in [1.54, 1.807) is 17.8 Å². The first kappa shape index (κ1) is 13.6. The lowest BCUT2D eigenvalue weighted by atomic mass is 10.1. The van der Waals surface area contributed by atoms with Crippen molar-refractivity contribution in [1.82, 2.24) is 0 Å². The fraction of sp³-hybridized carbons (Fsp3) is 0.143. The number of hydrogen-bond donors (Lipinski definition) is 1. The molecule has 0 fully saturated rings. The molecule has 0 amide bonds. The first-order valence-electron chi connectivity index (χ1n) is 5.61. The molecule has 0 radical (unpaired) electrons. The summed E-state index contributed by atoms with van der Waals surface area (Å²) < 4.78 is 14.3. The fourth-order valence-corrected chi connectivity index (χ4v) is 3.22. The molecule has 0 aliphatic heterocycles. The second-order valence-electron chi connectivity index (χ2n) is 3.85. The molecular formula is C14H13BrFNS. The Morgan fingerprint density at radius 1 is 1.17 bits per heavy atom. The maximum Gasteiger partial charge on any atom is 0.123 e. The van der Waals surface area contributed by atoms with E-state index in [1.807, 2.05) is 30.3 Å². The first-order chi connectivity index (χ1) is 8.69. The fourth-order valence-electron chi connectivity index (χ4n) is 1.66. The van der Waals surface area contributed by atoms with Crippen LogP contribution >= 0.6 is 27.7 Å². The largest absolute Gasteiger partial charge is 0.330 e. The van der Waals surface area contributed by atoms with Gasteiger partial charge in [-0.1, -0.05) is 33.8 Å². The molecule has 2 aromatic rings. The molecule has 0 saturated carbocycles. The van der Waals surface area contributed by atoms with Gasteiger partial charge in [0.2, 0.25) is 0 Å². The van der Waals surface area contributed by atoms with E-state index in [2.05, 4.69) is 15.9 Å². The Bertz CT molecular complexity index is 545. The van der Waals surface area contributed by atoms with Crippen LogP contribution < -0.4 is 5.73 Å². The molecule has 0 heterocycles. The molecule has 0 aromatic heterocycles. The van der Waals surface area contributed by atoms with E-state index >= 15 is 0 Å². The zero-order valence-electron chi connectivity index (χ0n) is 9.70. The highest BCUT2D eigenvalue weighted by molar-refractivity contribution is 9.10. The topological polar surface area (TPSA) is 26.0 Å². The van der Waals surface area contributed by atoms with Crippen molar-refractivity contribution in [1.29, 1.82) is 0 Å². The number of rotatable bonds is 4. The summed E-state index contributed by atoms with van der Waals surface area (Å²) in [5, 5.41) is 0. The molecule has 0 bridgehead atoms. The van der Waals surface area contributed by atoms with E-state index in [-0.39, 0.29) is 5.82 Å². The van der Waals surface area contributed by atoms with Crippen LogP contribution in [0.1, 0.15) is 5.56 Å². The molecule has 2 aromatic carbocycles. The van der Waals surface area contributed by atoms with E-state index in [1.165, 1.54) is 6.07 Å². The van der Waals surface area contributed by atoms with Crippen LogP contribution in [0.2, 0.25) is 0 Å². The lowest BCUT2D eigenvalue weighted by molar-refractivity contribution is 0.623. The van der Waals surface area contributed by atoms with Crippen molar-refractivity contribution in [3.05, 3.63) is 58.3 Å². The summed E-state index contributed by atoms with van der Waals surface area (Å²) in [6, 6.07) is 12.9. The Kier molecular flexibility index (Phi) is 4.80. The molecule has 0 aliphatic carbocycles. The Balaban J connectivity index is 2.28. The van der Waals surface area contributed by atoms with Gasteiger partial charge in [0.15, 0.2) is 0 Å². The van der Waals surface area contributed by atoms with Gasteiger partial charge in [0.05, 0.1) is 0 Å². The summed E-state index contributed by atoms with van der Waals surface area (Å²) in [6.07, 6.45) is 0.689. The monoisotopic (exact) mass is 325 g/mol. The van der Waals surface area contributed by atoms with E-state index in [4.69, 9.17) is 5.73 Å². The van der Waals surface area contributed by atoms with Gasteiger partial charge in [-0.25, -0.2) is 4.39 Å². The van der Waals surface area contributed by atoms with Crippen molar-refractivity contribution >= 4 is 27.7 Å². The molecule has 94 valence electrons. The van der Waals surface area contributed by atoms with E-state index in [0.717, 1.165) is 19.8 Å². The lowest BCUT2D eigenvalue weighted by Gasteiger charge is -2.08. The van der Waals surface area contributed by atoms with Crippen molar-refractivity contribution in [2.24, 2.45) is 5.73 Å². The highest BCUT2D eigenvalue weighted by atomic mass is 79.9. The molecule has 0 unspecified atom stereocenters. The Labute approximate surface area is 119 Å². The van der Waals surface area contributed by atoms with Gasteiger partial charge in [-0.2, -0.15) is 0 Å². The Hall–Kier alpha value is -0.840. The summed E-state index contributed by atoms with van der Waals surface area (Å²) in [4.78, 5) is 2.18. The summed E-state index contributed by atoms with van der Waals surface area (Å²) in [7, 11) is 0. The zero-order chi connectivity index (χ0) is 13.0. The van der Waals surface area contributed by atoms with Gasteiger partial charge in [0, 0.05) is 14.3 Å². The second-order valence-corrected chi connectivity index (χ2v) is 5.88. The van der Waals surface area contributed by atoms with Crippen LogP contribution in [-0.4, -0.2) is 6.54 Å².